The maximum Gasteiger partial charge on any atom is 0.228 e. The summed E-state index contributed by atoms with van der Waals surface area (Å²) in [6.45, 7) is 2.31. The quantitative estimate of drug-likeness (QED) is 0.489. The lowest BCUT2D eigenvalue weighted by Gasteiger charge is -2.21. The van der Waals surface area contributed by atoms with Gasteiger partial charge in [0, 0.05) is 50.1 Å². The summed E-state index contributed by atoms with van der Waals surface area (Å²) in [5.74, 6) is 0.0687. The highest BCUT2D eigenvalue weighted by Gasteiger charge is 2.23. The third-order valence-corrected chi connectivity index (χ3v) is 6.31. The number of thioether (sulfide) groups is 1. The van der Waals surface area contributed by atoms with E-state index in [9.17, 15) is 9.18 Å². The average Bonchev–Trinajstić information content (AvgIpc) is 3.22. The summed E-state index contributed by atoms with van der Waals surface area (Å²) in [7, 11) is 1.66. The van der Waals surface area contributed by atoms with Crippen LogP contribution in [-0.2, 0) is 20.8 Å². The molecule has 1 aliphatic heterocycles. The number of nitrogens with one attached hydrogen (secondary N) is 1. The molecule has 2 aromatic heterocycles. The Morgan fingerprint density at radius 2 is 2.00 bits per heavy atom. The van der Waals surface area contributed by atoms with Gasteiger partial charge in [0.1, 0.15) is 11.6 Å². The molecule has 0 radical (unpaired) electrons. The van der Waals surface area contributed by atoms with Crippen molar-refractivity contribution in [1.82, 2.24) is 14.5 Å². The van der Waals surface area contributed by atoms with Crippen LogP contribution in [0.3, 0.4) is 0 Å². The van der Waals surface area contributed by atoms with E-state index in [4.69, 9.17) is 14.5 Å². The molecule has 1 amide bonds. The standard InChI is InChI=1S/C24H27FN4O3S/c1-31-14-11-29-22(21(28-24(29)33-2)16-3-5-19(25)6-4-16)18-7-10-26-20(15-18)27-23(30)17-8-12-32-13-9-17/h3-7,10,15,17H,8-9,11-14H2,1-2H3,(H,26,27,30). The number of pyridine rings is 1. The van der Waals surface area contributed by atoms with Gasteiger partial charge in [-0.25, -0.2) is 14.4 Å². The fourth-order valence-electron chi connectivity index (χ4n) is 3.91. The van der Waals surface area contributed by atoms with Gasteiger partial charge < -0.3 is 19.4 Å². The first kappa shape index (κ1) is 23.4. The van der Waals surface area contributed by atoms with Gasteiger partial charge in [0.2, 0.25) is 5.91 Å². The summed E-state index contributed by atoms with van der Waals surface area (Å²) in [6, 6.07) is 10.1. The molecule has 1 aliphatic rings. The summed E-state index contributed by atoms with van der Waals surface area (Å²) in [6.07, 6.45) is 5.06. The van der Waals surface area contributed by atoms with Crippen molar-refractivity contribution in [2.75, 3.05) is 38.5 Å². The van der Waals surface area contributed by atoms with Crippen LogP contribution in [-0.4, -0.2) is 53.6 Å². The Labute approximate surface area is 196 Å². The maximum atomic E-state index is 13.6. The molecule has 0 unspecified atom stereocenters. The molecule has 7 nitrogen and oxygen atoms in total. The number of nitrogens with zero attached hydrogens (tertiary/aromatic N) is 3. The molecule has 3 heterocycles. The van der Waals surface area contributed by atoms with Crippen molar-refractivity contribution in [2.45, 2.75) is 24.5 Å². The molecule has 1 N–H and O–H groups in total. The second-order valence-electron chi connectivity index (χ2n) is 7.75. The minimum atomic E-state index is -0.300. The highest BCUT2D eigenvalue weighted by atomic mass is 32.2. The van der Waals surface area contributed by atoms with E-state index in [0.29, 0.717) is 45.0 Å². The lowest BCUT2D eigenvalue weighted by molar-refractivity contribution is -0.122. The number of imidazole rings is 1. The SMILES string of the molecule is COCCn1c(SC)nc(-c2ccc(F)cc2)c1-c1ccnc(NC(=O)C2CCOCC2)c1. The van der Waals surface area contributed by atoms with Gasteiger partial charge in [0.15, 0.2) is 5.16 Å². The van der Waals surface area contributed by atoms with Gasteiger partial charge in [0.05, 0.1) is 18.0 Å². The fraction of sp³-hybridized carbons (Fsp3) is 0.375. The number of aromatic nitrogens is 3. The zero-order valence-corrected chi connectivity index (χ0v) is 19.5. The molecule has 1 saturated heterocycles. The molecule has 4 rings (SSSR count). The minimum Gasteiger partial charge on any atom is -0.383 e. The molecule has 0 bridgehead atoms. The van der Waals surface area contributed by atoms with Crippen molar-refractivity contribution in [2.24, 2.45) is 5.92 Å². The normalized spacial score (nSPS) is 14.4. The van der Waals surface area contributed by atoms with E-state index < -0.39 is 0 Å². The van der Waals surface area contributed by atoms with Crippen LogP contribution in [0.15, 0.2) is 47.8 Å². The number of benzene rings is 1. The first-order valence-corrected chi connectivity index (χ1v) is 12.1. The summed E-state index contributed by atoms with van der Waals surface area (Å²) in [5, 5.41) is 3.78. The Bertz CT molecular complexity index is 1100. The van der Waals surface area contributed by atoms with E-state index in [1.807, 2.05) is 18.4 Å². The van der Waals surface area contributed by atoms with Crippen LogP contribution in [0.2, 0.25) is 0 Å². The van der Waals surface area contributed by atoms with Crippen molar-refractivity contribution < 1.29 is 18.7 Å². The number of hydrogen-bond acceptors (Lipinski definition) is 6. The van der Waals surface area contributed by atoms with Crippen LogP contribution in [0.5, 0.6) is 0 Å². The number of halogens is 1. The highest BCUT2D eigenvalue weighted by Crippen LogP contribution is 2.36. The van der Waals surface area contributed by atoms with E-state index in [1.54, 1.807) is 25.4 Å². The maximum absolute atomic E-state index is 13.6. The summed E-state index contributed by atoms with van der Waals surface area (Å²) >= 11 is 1.53. The largest absolute Gasteiger partial charge is 0.383 e. The van der Waals surface area contributed by atoms with Crippen molar-refractivity contribution in [1.29, 1.82) is 0 Å². The van der Waals surface area contributed by atoms with Gasteiger partial charge >= 0.3 is 0 Å². The van der Waals surface area contributed by atoms with Gasteiger partial charge in [-0.15, -0.1) is 0 Å². The van der Waals surface area contributed by atoms with Crippen LogP contribution >= 0.6 is 11.8 Å². The predicted octanol–water partition coefficient (Wildman–Crippen LogP) is 4.48. The minimum absolute atomic E-state index is 0.0422. The number of ether oxygens (including phenoxy) is 2. The average molecular weight is 471 g/mol. The molecule has 0 aliphatic carbocycles. The fourth-order valence-corrected chi connectivity index (χ4v) is 4.50. The topological polar surface area (TPSA) is 78.3 Å². The molecule has 1 fully saturated rings. The van der Waals surface area contributed by atoms with Crippen molar-refractivity contribution in [3.63, 3.8) is 0 Å². The van der Waals surface area contributed by atoms with Crippen LogP contribution in [0.1, 0.15) is 12.8 Å². The van der Waals surface area contributed by atoms with Gasteiger partial charge in [-0.05, 0) is 55.5 Å². The Balaban J connectivity index is 1.73. The third-order valence-electron chi connectivity index (χ3n) is 5.63. The first-order valence-electron chi connectivity index (χ1n) is 10.8. The first-order chi connectivity index (χ1) is 16.1. The molecular weight excluding hydrogens is 443 g/mol. The van der Waals surface area contributed by atoms with E-state index in [0.717, 1.165) is 27.7 Å². The number of hydrogen-bond donors (Lipinski definition) is 1. The van der Waals surface area contributed by atoms with E-state index >= 15 is 0 Å². The Morgan fingerprint density at radius 1 is 1.24 bits per heavy atom. The molecule has 174 valence electrons. The van der Waals surface area contributed by atoms with Crippen molar-refractivity contribution in [3.8, 4) is 22.5 Å². The molecular formula is C24H27FN4O3S. The number of rotatable bonds is 8. The van der Waals surface area contributed by atoms with Gasteiger partial charge in [0.25, 0.3) is 0 Å². The molecule has 0 spiro atoms. The second-order valence-corrected chi connectivity index (χ2v) is 8.53. The Kier molecular flexibility index (Phi) is 7.74. The highest BCUT2D eigenvalue weighted by molar-refractivity contribution is 7.98. The molecule has 9 heteroatoms. The molecule has 0 atom stereocenters. The van der Waals surface area contributed by atoms with Crippen LogP contribution in [0.4, 0.5) is 10.2 Å². The summed E-state index contributed by atoms with van der Waals surface area (Å²) in [4.78, 5) is 21.9. The summed E-state index contributed by atoms with van der Waals surface area (Å²) in [5.41, 5.74) is 3.27. The smallest absolute Gasteiger partial charge is 0.228 e. The molecule has 3 aromatic rings. The molecule has 33 heavy (non-hydrogen) atoms. The molecule has 0 saturated carbocycles. The van der Waals surface area contributed by atoms with Crippen LogP contribution in [0, 0.1) is 11.7 Å². The van der Waals surface area contributed by atoms with Crippen LogP contribution < -0.4 is 5.32 Å². The summed E-state index contributed by atoms with van der Waals surface area (Å²) < 4.78 is 26.3. The number of carbonyl (C=O) groups excluding carboxylic acids is 1. The van der Waals surface area contributed by atoms with Gasteiger partial charge in [-0.1, -0.05) is 11.8 Å². The van der Waals surface area contributed by atoms with E-state index in [2.05, 4.69) is 14.9 Å². The Hall–Kier alpha value is -2.75. The number of anilines is 1. The lowest BCUT2D eigenvalue weighted by Crippen LogP contribution is -2.28. The number of methoxy groups -OCH3 is 1. The van der Waals surface area contributed by atoms with E-state index in [-0.39, 0.29) is 17.6 Å². The predicted molar refractivity (Wildman–Crippen MR) is 127 cm³/mol. The number of carbonyl (C=O) groups is 1. The Morgan fingerprint density at radius 3 is 2.70 bits per heavy atom. The van der Waals surface area contributed by atoms with Gasteiger partial charge in [-0.3, -0.25) is 4.79 Å². The zero-order chi connectivity index (χ0) is 23.2. The van der Waals surface area contributed by atoms with Crippen molar-refractivity contribution >= 4 is 23.5 Å². The van der Waals surface area contributed by atoms with Gasteiger partial charge in [-0.2, -0.15) is 0 Å². The number of amides is 1. The van der Waals surface area contributed by atoms with Crippen molar-refractivity contribution in [3.05, 3.63) is 48.4 Å². The molecule has 1 aromatic carbocycles. The second kappa shape index (κ2) is 10.9. The monoisotopic (exact) mass is 470 g/mol. The van der Waals surface area contributed by atoms with Crippen LogP contribution in [0.25, 0.3) is 22.5 Å². The zero-order valence-electron chi connectivity index (χ0n) is 18.7. The lowest BCUT2D eigenvalue weighted by atomic mass is 9.99. The van der Waals surface area contributed by atoms with E-state index in [1.165, 1.54) is 23.9 Å². The third kappa shape index (κ3) is 5.43.